The Hall–Kier alpha value is -2.40. The van der Waals surface area contributed by atoms with Crippen LogP contribution in [0.5, 0.6) is 0 Å². The summed E-state index contributed by atoms with van der Waals surface area (Å²) in [5, 5.41) is 9.40. The number of carbonyl (C=O) groups excluding carboxylic acids is 1. The maximum atomic E-state index is 12.6. The highest BCUT2D eigenvalue weighted by molar-refractivity contribution is 6.03. The van der Waals surface area contributed by atoms with Gasteiger partial charge in [-0.25, -0.2) is 0 Å². The topological polar surface area (TPSA) is 40.9 Å². The number of aryl methyl sites for hydroxylation is 3. The molecular formula is C18H17NO. The quantitative estimate of drug-likeness (QED) is 0.782. The van der Waals surface area contributed by atoms with Crippen LogP contribution in [0.25, 0.3) is 0 Å². The monoisotopic (exact) mass is 263 g/mol. The van der Waals surface area contributed by atoms with Crippen LogP contribution in [-0.4, -0.2) is 5.78 Å². The Morgan fingerprint density at radius 1 is 1.05 bits per heavy atom. The van der Waals surface area contributed by atoms with Gasteiger partial charge in [0.2, 0.25) is 0 Å². The lowest BCUT2D eigenvalue weighted by Crippen LogP contribution is -2.13. The lowest BCUT2D eigenvalue weighted by molar-refractivity contribution is 0.0978. The average Bonchev–Trinajstić information content (AvgIpc) is 2.40. The Bertz CT molecular complexity index is 675. The molecular weight excluding hydrogens is 246 g/mol. The molecule has 0 bridgehead atoms. The fraction of sp³-hybridized carbons (Fsp3) is 0.222. The van der Waals surface area contributed by atoms with Crippen LogP contribution >= 0.6 is 0 Å². The van der Waals surface area contributed by atoms with Crippen LogP contribution in [0.1, 0.15) is 38.5 Å². The number of carbonyl (C=O) groups is 1. The molecule has 0 N–H and O–H groups in total. The Morgan fingerprint density at radius 3 is 2.20 bits per heavy atom. The molecule has 0 aliphatic rings. The maximum Gasteiger partial charge on any atom is 0.184 e. The predicted octanol–water partition coefficient (Wildman–Crippen LogP) is 4.10. The van der Waals surface area contributed by atoms with E-state index in [4.69, 9.17) is 0 Å². The Balaban J connectivity index is 2.45. The van der Waals surface area contributed by atoms with Gasteiger partial charge in [0, 0.05) is 5.56 Å². The van der Waals surface area contributed by atoms with Crippen molar-refractivity contribution in [2.75, 3.05) is 0 Å². The largest absolute Gasteiger partial charge is 0.292 e. The number of rotatable bonds is 3. The number of nitrogens with zero attached hydrogens (tertiary/aromatic N) is 1. The van der Waals surface area contributed by atoms with Crippen LogP contribution in [0.2, 0.25) is 0 Å². The van der Waals surface area contributed by atoms with E-state index < -0.39 is 5.92 Å². The third-order valence-electron chi connectivity index (χ3n) is 3.40. The van der Waals surface area contributed by atoms with E-state index >= 15 is 0 Å². The van der Waals surface area contributed by atoms with Gasteiger partial charge >= 0.3 is 0 Å². The molecule has 0 saturated carbocycles. The van der Waals surface area contributed by atoms with Gasteiger partial charge in [-0.05, 0) is 44.0 Å². The number of hydrogen-bond donors (Lipinski definition) is 0. The Labute approximate surface area is 119 Å². The number of benzene rings is 2. The summed E-state index contributed by atoms with van der Waals surface area (Å²) in [6.45, 7) is 5.84. The molecule has 0 fully saturated rings. The molecule has 0 spiro atoms. The van der Waals surface area contributed by atoms with Gasteiger partial charge in [-0.2, -0.15) is 5.26 Å². The van der Waals surface area contributed by atoms with Crippen molar-refractivity contribution in [3.8, 4) is 6.07 Å². The van der Waals surface area contributed by atoms with Crippen LogP contribution in [0.15, 0.2) is 42.5 Å². The SMILES string of the molecule is Cc1cc(C)cc(C(=O)C(C#N)c2ccccc2C)c1. The van der Waals surface area contributed by atoms with Gasteiger partial charge in [-0.1, -0.05) is 41.5 Å². The second kappa shape index (κ2) is 5.71. The minimum atomic E-state index is -0.739. The molecule has 1 unspecified atom stereocenters. The predicted molar refractivity (Wildman–Crippen MR) is 79.8 cm³/mol. The molecule has 0 aliphatic carbocycles. The molecule has 2 rings (SSSR count). The highest BCUT2D eigenvalue weighted by Gasteiger charge is 2.23. The summed E-state index contributed by atoms with van der Waals surface area (Å²) in [7, 11) is 0. The van der Waals surface area contributed by atoms with Crippen molar-refractivity contribution in [3.63, 3.8) is 0 Å². The smallest absolute Gasteiger partial charge is 0.184 e. The lowest BCUT2D eigenvalue weighted by atomic mass is 9.88. The first-order chi connectivity index (χ1) is 9.52. The van der Waals surface area contributed by atoms with E-state index in [1.54, 1.807) is 0 Å². The molecule has 0 aliphatic heterocycles. The van der Waals surface area contributed by atoms with Crippen LogP contribution in [0, 0.1) is 32.1 Å². The minimum absolute atomic E-state index is 0.131. The van der Waals surface area contributed by atoms with E-state index in [-0.39, 0.29) is 5.78 Å². The van der Waals surface area contributed by atoms with Crippen molar-refractivity contribution in [2.24, 2.45) is 0 Å². The molecule has 0 heterocycles. The van der Waals surface area contributed by atoms with E-state index in [1.165, 1.54) is 0 Å². The molecule has 0 aromatic heterocycles. The molecule has 2 heteroatoms. The summed E-state index contributed by atoms with van der Waals surface area (Å²) >= 11 is 0. The zero-order valence-corrected chi connectivity index (χ0v) is 12.0. The average molecular weight is 263 g/mol. The minimum Gasteiger partial charge on any atom is -0.292 e. The number of hydrogen-bond acceptors (Lipinski definition) is 2. The van der Waals surface area contributed by atoms with Crippen LogP contribution < -0.4 is 0 Å². The van der Waals surface area contributed by atoms with Crippen molar-refractivity contribution in [3.05, 3.63) is 70.3 Å². The highest BCUT2D eigenvalue weighted by Crippen LogP contribution is 2.24. The summed E-state index contributed by atoms with van der Waals surface area (Å²) in [4.78, 5) is 12.6. The molecule has 2 aromatic carbocycles. The van der Waals surface area contributed by atoms with E-state index in [1.807, 2.05) is 63.2 Å². The summed E-state index contributed by atoms with van der Waals surface area (Å²) in [6, 6.07) is 15.4. The van der Waals surface area contributed by atoms with E-state index in [2.05, 4.69) is 6.07 Å². The first-order valence-electron chi connectivity index (χ1n) is 6.60. The lowest BCUT2D eigenvalue weighted by Gasteiger charge is -2.12. The third kappa shape index (κ3) is 2.78. The highest BCUT2D eigenvalue weighted by atomic mass is 16.1. The van der Waals surface area contributed by atoms with Crippen LogP contribution in [0.4, 0.5) is 0 Å². The fourth-order valence-electron chi connectivity index (χ4n) is 2.46. The van der Waals surface area contributed by atoms with Crippen LogP contribution in [-0.2, 0) is 0 Å². The normalized spacial score (nSPS) is 11.7. The van der Waals surface area contributed by atoms with E-state index in [0.717, 1.165) is 22.3 Å². The first kappa shape index (κ1) is 14.0. The molecule has 1 atom stereocenters. The van der Waals surface area contributed by atoms with Crippen molar-refractivity contribution >= 4 is 5.78 Å². The molecule has 0 radical (unpaired) electrons. The van der Waals surface area contributed by atoms with Crippen molar-refractivity contribution in [1.29, 1.82) is 5.26 Å². The molecule has 0 saturated heterocycles. The van der Waals surface area contributed by atoms with E-state index in [9.17, 15) is 10.1 Å². The Kier molecular flexibility index (Phi) is 4.00. The number of ketones is 1. The van der Waals surface area contributed by atoms with Gasteiger partial charge in [0.05, 0.1) is 6.07 Å². The fourth-order valence-corrected chi connectivity index (χ4v) is 2.46. The Morgan fingerprint density at radius 2 is 1.65 bits per heavy atom. The zero-order chi connectivity index (χ0) is 14.7. The first-order valence-corrected chi connectivity index (χ1v) is 6.60. The molecule has 2 nitrogen and oxygen atoms in total. The molecule has 20 heavy (non-hydrogen) atoms. The van der Waals surface area contributed by atoms with Crippen molar-refractivity contribution in [1.82, 2.24) is 0 Å². The molecule has 100 valence electrons. The molecule has 2 aromatic rings. The van der Waals surface area contributed by atoms with Gasteiger partial charge in [0.15, 0.2) is 5.78 Å². The number of nitriles is 1. The summed E-state index contributed by atoms with van der Waals surface area (Å²) in [5.41, 5.74) is 4.44. The third-order valence-corrected chi connectivity index (χ3v) is 3.40. The van der Waals surface area contributed by atoms with E-state index in [0.29, 0.717) is 5.56 Å². The summed E-state index contributed by atoms with van der Waals surface area (Å²) < 4.78 is 0. The summed E-state index contributed by atoms with van der Waals surface area (Å²) in [5.74, 6) is -0.869. The van der Waals surface area contributed by atoms with Gasteiger partial charge in [-0.15, -0.1) is 0 Å². The maximum absolute atomic E-state index is 12.6. The van der Waals surface area contributed by atoms with Gasteiger partial charge in [0.1, 0.15) is 5.92 Å². The van der Waals surface area contributed by atoms with Crippen molar-refractivity contribution < 1.29 is 4.79 Å². The zero-order valence-electron chi connectivity index (χ0n) is 12.0. The van der Waals surface area contributed by atoms with Crippen molar-refractivity contribution in [2.45, 2.75) is 26.7 Å². The second-order valence-electron chi connectivity index (χ2n) is 5.16. The molecule has 0 amide bonds. The number of Topliss-reactive ketones (excluding diaryl/α,β-unsaturated/α-hetero) is 1. The summed E-state index contributed by atoms with van der Waals surface area (Å²) in [6.07, 6.45) is 0. The second-order valence-corrected chi connectivity index (χ2v) is 5.16. The van der Waals surface area contributed by atoms with Gasteiger partial charge in [-0.3, -0.25) is 4.79 Å². The van der Waals surface area contributed by atoms with Crippen LogP contribution in [0.3, 0.4) is 0 Å². The van der Waals surface area contributed by atoms with Gasteiger partial charge in [0.25, 0.3) is 0 Å². The van der Waals surface area contributed by atoms with Gasteiger partial charge < -0.3 is 0 Å². The standard InChI is InChI=1S/C18H17NO/c1-12-8-13(2)10-15(9-12)18(20)17(11-19)16-7-5-4-6-14(16)3/h4-10,17H,1-3H3.